The molecule has 1 amide bonds. The summed E-state index contributed by atoms with van der Waals surface area (Å²) in [7, 11) is 3.14. The molecule has 0 atom stereocenters. The topological polar surface area (TPSA) is 60.0 Å². The monoisotopic (exact) mass is 310 g/mol. The van der Waals surface area contributed by atoms with E-state index in [-0.39, 0.29) is 12.5 Å². The summed E-state index contributed by atoms with van der Waals surface area (Å²) >= 11 is 0. The average Bonchev–Trinajstić information content (AvgIpc) is 2.56. The van der Waals surface area contributed by atoms with Crippen LogP contribution in [0, 0.1) is 0 Å². The molecule has 0 bridgehead atoms. The highest BCUT2D eigenvalue weighted by Crippen LogP contribution is 2.27. The molecule has 0 unspecified atom stereocenters. The first-order valence-electron chi connectivity index (χ1n) is 7.47. The number of likely N-dealkylation sites (N-methyl/N-ethyl adjacent to an activating group) is 1. The maximum atomic E-state index is 11.8. The molecule has 0 aliphatic heterocycles. The van der Waals surface area contributed by atoms with E-state index in [0.29, 0.717) is 23.8 Å². The van der Waals surface area contributed by atoms with Crippen LogP contribution in [-0.2, 0) is 4.79 Å². The molecule has 6 nitrogen and oxygen atoms in total. The number of ether oxygens (including phenoxy) is 3. The molecule has 1 aromatic rings. The molecule has 1 aromatic carbocycles. The van der Waals surface area contributed by atoms with E-state index in [1.807, 2.05) is 0 Å². The van der Waals surface area contributed by atoms with E-state index in [0.717, 1.165) is 19.6 Å². The molecule has 0 aromatic heterocycles. The molecule has 1 N–H and O–H groups in total. The maximum absolute atomic E-state index is 11.8. The van der Waals surface area contributed by atoms with Gasteiger partial charge >= 0.3 is 0 Å². The molecule has 0 radical (unpaired) electrons. The van der Waals surface area contributed by atoms with E-state index in [4.69, 9.17) is 14.2 Å². The van der Waals surface area contributed by atoms with E-state index < -0.39 is 0 Å². The van der Waals surface area contributed by atoms with Crippen molar-refractivity contribution >= 4 is 5.91 Å². The fourth-order valence-electron chi connectivity index (χ4n) is 1.96. The van der Waals surface area contributed by atoms with Crippen LogP contribution in [0.3, 0.4) is 0 Å². The molecular weight excluding hydrogens is 284 g/mol. The van der Waals surface area contributed by atoms with Gasteiger partial charge in [0.25, 0.3) is 5.91 Å². The third kappa shape index (κ3) is 6.22. The first-order chi connectivity index (χ1) is 10.6. The van der Waals surface area contributed by atoms with Crippen molar-refractivity contribution in [3.05, 3.63) is 18.2 Å². The number of amides is 1. The van der Waals surface area contributed by atoms with Gasteiger partial charge in [0.05, 0.1) is 14.2 Å². The highest BCUT2D eigenvalue weighted by Gasteiger charge is 2.07. The summed E-state index contributed by atoms with van der Waals surface area (Å²) in [5, 5.41) is 2.84. The maximum Gasteiger partial charge on any atom is 0.257 e. The fourth-order valence-corrected chi connectivity index (χ4v) is 1.96. The van der Waals surface area contributed by atoms with Gasteiger partial charge in [-0.3, -0.25) is 4.79 Å². The summed E-state index contributed by atoms with van der Waals surface area (Å²) in [6.45, 7) is 7.58. The lowest BCUT2D eigenvalue weighted by atomic mass is 10.3. The van der Waals surface area contributed by atoms with Gasteiger partial charge in [-0.05, 0) is 13.1 Å². The minimum absolute atomic E-state index is 0.0332. The Hall–Kier alpha value is -1.95. The highest BCUT2D eigenvalue weighted by molar-refractivity contribution is 5.77. The molecule has 0 aliphatic rings. The number of nitrogens with zero attached hydrogens (tertiary/aromatic N) is 1. The summed E-state index contributed by atoms with van der Waals surface area (Å²) in [6.07, 6.45) is 0. The van der Waals surface area contributed by atoms with E-state index in [9.17, 15) is 4.79 Å². The first kappa shape index (κ1) is 18.1. The quantitative estimate of drug-likeness (QED) is 0.710. The molecule has 0 aliphatic carbocycles. The molecule has 0 saturated heterocycles. The molecule has 0 spiro atoms. The molecule has 22 heavy (non-hydrogen) atoms. The van der Waals surface area contributed by atoms with Gasteiger partial charge in [-0.15, -0.1) is 0 Å². The fraction of sp³-hybridized carbons (Fsp3) is 0.562. The van der Waals surface area contributed by atoms with Crippen molar-refractivity contribution in [3.8, 4) is 17.2 Å². The van der Waals surface area contributed by atoms with Crippen LogP contribution in [0.25, 0.3) is 0 Å². The summed E-state index contributed by atoms with van der Waals surface area (Å²) in [5.74, 6) is 1.64. The van der Waals surface area contributed by atoms with Crippen molar-refractivity contribution in [1.82, 2.24) is 10.2 Å². The van der Waals surface area contributed by atoms with Crippen molar-refractivity contribution in [2.75, 3.05) is 47.0 Å². The second-order valence-electron chi connectivity index (χ2n) is 4.71. The third-order valence-corrected chi connectivity index (χ3v) is 3.34. The number of nitrogens with one attached hydrogen (secondary N) is 1. The first-order valence-corrected chi connectivity index (χ1v) is 7.47. The lowest BCUT2D eigenvalue weighted by Crippen LogP contribution is -2.36. The zero-order chi connectivity index (χ0) is 16.4. The summed E-state index contributed by atoms with van der Waals surface area (Å²) < 4.78 is 15.8. The van der Waals surface area contributed by atoms with Crippen molar-refractivity contribution in [2.45, 2.75) is 13.8 Å². The Bertz CT molecular complexity index is 439. The number of methoxy groups -OCH3 is 2. The Kier molecular flexibility index (Phi) is 8.14. The lowest BCUT2D eigenvalue weighted by molar-refractivity contribution is -0.123. The van der Waals surface area contributed by atoms with Gasteiger partial charge in [0.2, 0.25) is 0 Å². The Balaban J connectivity index is 2.40. The summed E-state index contributed by atoms with van der Waals surface area (Å²) in [5.41, 5.74) is 0. The van der Waals surface area contributed by atoms with Crippen LogP contribution >= 0.6 is 0 Å². The van der Waals surface area contributed by atoms with Gasteiger partial charge in [-0.25, -0.2) is 0 Å². The average molecular weight is 310 g/mol. The Morgan fingerprint density at radius 2 is 1.59 bits per heavy atom. The van der Waals surface area contributed by atoms with Gasteiger partial charge in [-0.1, -0.05) is 13.8 Å². The van der Waals surface area contributed by atoms with E-state index in [2.05, 4.69) is 24.1 Å². The number of benzene rings is 1. The molecule has 0 fully saturated rings. The summed E-state index contributed by atoms with van der Waals surface area (Å²) in [6, 6.07) is 5.18. The SMILES string of the molecule is CCN(CC)CCNC(=O)COc1cc(OC)cc(OC)c1. The molecule has 0 saturated carbocycles. The number of hydrogen-bond acceptors (Lipinski definition) is 5. The smallest absolute Gasteiger partial charge is 0.257 e. The third-order valence-electron chi connectivity index (χ3n) is 3.34. The van der Waals surface area contributed by atoms with Crippen molar-refractivity contribution < 1.29 is 19.0 Å². The van der Waals surface area contributed by atoms with Crippen LogP contribution in [0.4, 0.5) is 0 Å². The van der Waals surface area contributed by atoms with E-state index in [1.165, 1.54) is 0 Å². The molecule has 6 heteroatoms. The van der Waals surface area contributed by atoms with Gasteiger partial charge in [-0.2, -0.15) is 0 Å². The van der Waals surface area contributed by atoms with Crippen molar-refractivity contribution in [1.29, 1.82) is 0 Å². The van der Waals surface area contributed by atoms with Gasteiger partial charge in [0.15, 0.2) is 6.61 Å². The van der Waals surface area contributed by atoms with Crippen LogP contribution in [0.5, 0.6) is 17.2 Å². The number of carbonyl (C=O) groups excluding carboxylic acids is 1. The van der Waals surface area contributed by atoms with Crippen LogP contribution in [0.2, 0.25) is 0 Å². The molecular formula is C16H26N2O4. The van der Waals surface area contributed by atoms with Gasteiger partial charge in [0, 0.05) is 31.3 Å². The van der Waals surface area contributed by atoms with E-state index in [1.54, 1.807) is 32.4 Å². The Labute approximate surface area is 132 Å². The zero-order valence-corrected chi connectivity index (χ0v) is 13.8. The van der Waals surface area contributed by atoms with Crippen LogP contribution in [0.15, 0.2) is 18.2 Å². The lowest BCUT2D eigenvalue weighted by Gasteiger charge is -2.18. The van der Waals surface area contributed by atoms with Crippen molar-refractivity contribution in [3.63, 3.8) is 0 Å². The van der Waals surface area contributed by atoms with Gasteiger partial charge in [0.1, 0.15) is 17.2 Å². The van der Waals surface area contributed by atoms with E-state index >= 15 is 0 Å². The second kappa shape index (κ2) is 9.89. The standard InChI is InChI=1S/C16H26N2O4/c1-5-18(6-2)8-7-17-16(19)12-22-15-10-13(20-3)9-14(11-15)21-4/h9-11H,5-8,12H2,1-4H3,(H,17,19). The number of hydrogen-bond donors (Lipinski definition) is 1. The number of rotatable bonds is 10. The highest BCUT2D eigenvalue weighted by atomic mass is 16.5. The van der Waals surface area contributed by atoms with Crippen LogP contribution in [0.1, 0.15) is 13.8 Å². The predicted molar refractivity (Wildman–Crippen MR) is 85.8 cm³/mol. The van der Waals surface area contributed by atoms with Crippen LogP contribution in [-0.4, -0.2) is 57.8 Å². The minimum atomic E-state index is -0.144. The Morgan fingerprint density at radius 1 is 1.05 bits per heavy atom. The zero-order valence-electron chi connectivity index (χ0n) is 13.8. The number of carbonyl (C=O) groups is 1. The molecule has 0 heterocycles. The predicted octanol–water partition coefficient (Wildman–Crippen LogP) is 1.54. The van der Waals surface area contributed by atoms with Crippen molar-refractivity contribution in [2.24, 2.45) is 0 Å². The largest absolute Gasteiger partial charge is 0.496 e. The molecule has 1 rings (SSSR count). The normalized spacial score (nSPS) is 10.4. The Morgan fingerprint density at radius 3 is 2.09 bits per heavy atom. The minimum Gasteiger partial charge on any atom is -0.496 e. The van der Waals surface area contributed by atoms with Crippen LogP contribution < -0.4 is 19.5 Å². The molecule has 124 valence electrons. The van der Waals surface area contributed by atoms with Gasteiger partial charge < -0.3 is 24.4 Å². The second-order valence-corrected chi connectivity index (χ2v) is 4.71. The summed E-state index contributed by atoms with van der Waals surface area (Å²) in [4.78, 5) is 14.0.